The van der Waals surface area contributed by atoms with Crippen LogP contribution < -0.4 is 4.74 Å². The van der Waals surface area contributed by atoms with Crippen LogP contribution in [-0.4, -0.2) is 25.0 Å². The highest BCUT2D eigenvalue weighted by Gasteiger charge is 2.50. The number of piperidine rings is 1. The molecule has 0 radical (unpaired) electrons. The van der Waals surface area contributed by atoms with Gasteiger partial charge in [-0.3, -0.25) is 0 Å². The zero-order valence-corrected chi connectivity index (χ0v) is 12.8. The molecule has 2 aromatic carbocycles. The molecule has 0 bridgehead atoms. The summed E-state index contributed by atoms with van der Waals surface area (Å²) in [4.78, 5) is 2.37. The number of hydrogen-bond acceptors (Lipinski definition) is 2. The van der Waals surface area contributed by atoms with Crippen molar-refractivity contribution in [1.29, 1.82) is 0 Å². The predicted molar refractivity (Wildman–Crippen MR) is 84.6 cm³/mol. The number of para-hydroxylation sites is 1. The quantitative estimate of drug-likeness (QED) is 0.791. The second-order valence-corrected chi connectivity index (χ2v) is 6.51. The van der Waals surface area contributed by atoms with Gasteiger partial charge in [0.25, 0.3) is 0 Å². The van der Waals surface area contributed by atoms with Crippen LogP contribution in [0.2, 0.25) is 0 Å². The summed E-state index contributed by atoms with van der Waals surface area (Å²) in [5, 5.41) is 0. The summed E-state index contributed by atoms with van der Waals surface area (Å²) in [6, 6.07) is 15.2. The van der Waals surface area contributed by atoms with Crippen LogP contribution in [0.5, 0.6) is 5.75 Å². The van der Waals surface area contributed by atoms with E-state index in [2.05, 4.69) is 30.1 Å². The van der Waals surface area contributed by atoms with Crippen molar-refractivity contribution in [2.75, 3.05) is 20.1 Å². The number of rotatable bonds is 1. The molecule has 1 unspecified atom stereocenters. The fourth-order valence-electron chi connectivity index (χ4n) is 3.94. The first-order chi connectivity index (χ1) is 10.7. The number of nitrogens with zero attached hydrogens (tertiary/aromatic N) is 1. The lowest BCUT2D eigenvalue weighted by Crippen LogP contribution is -2.43. The standard InChI is InChI=1S/C19H20FNO/c1-21-12-10-19(11-13-21)16-4-2-3-5-17(16)22-18(19)14-6-8-15(20)9-7-14/h2-9,18H,10-13H2,1H3. The molecule has 3 heteroatoms. The Morgan fingerprint density at radius 1 is 1.05 bits per heavy atom. The molecule has 0 saturated carbocycles. The minimum Gasteiger partial charge on any atom is -0.484 e. The maximum Gasteiger partial charge on any atom is 0.134 e. The molecule has 0 amide bonds. The van der Waals surface area contributed by atoms with Crippen LogP contribution in [0, 0.1) is 5.82 Å². The Morgan fingerprint density at radius 3 is 2.45 bits per heavy atom. The van der Waals surface area contributed by atoms with E-state index in [0.29, 0.717) is 0 Å². The summed E-state index contributed by atoms with van der Waals surface area (Å²) in [6.07, 6.45) is 2.13. The summed E-state index contributed by atoms with van der Waals surface area (Å²) >= 11 is 0. The second kappa shape index (κ2) is 5.10. The highest BCUT2D eigenvalue weighted by molar-refractivity contribution is 5.48. The largest absolute Gasteiger partial charge is 0.484 e. The van der Waals surface area contributed by atoms with Crippen LogP contribution in [0.4, 0.5) is 4.39 Å². The third kappa shape index (κ3) is 2.03. The molecule has 2 aliphatic heterocycles. The maximum atomic E-state index is 13.3. The summed E-state index contributed by atoms with van der Waals surface area (Å²) < 4.78 is 19.6. The van der Waals surface area contributed by atoms with Crippen LogP contribution in [0.15, 0.2) is 48.5 Å². The first-order valence-corrected chi connectivity index (χ1v) is 7.89. The van der Waals surface area contributed by atoms with Gasteiger partial charge in [0.05, 0.1) is 0 Å². The van der Waals surface area contributed by atoms with E-state index < -0.39 is 0 Å². The van der Waals surface area contributed by atoms with Crippen LogP contribution >= 0.6 is 0 Å². The Hall–Kier alpha value is -1.87. The normalized spacial score (nSPS) is 23.3. The molecule has 1 spiro atoms. The smallest absolute Gasteiger partial charge is 0.134 e. The Balaban J connectivity index is 1.80. The Labute approximate surface area is 130 Å². The molecular weight excluding hydrogens is 277 g/mol. The number of halogens is 1. The van der Waals surface area contributed by atoms with Gasteiger partial charge in [-0.05, 0) is 56.7 Å². The molecule has 2 nitrogen and oxygen atoms in total. The van der Waals surface area contributed by atoms with Crippen molar-refractivity contribution in [2.45, 2.75) is 24.4 Å². The average molecular weight is 297 g/mol. The van der Waals surface area contributed by atoms with Gasteiger partial charge in [0.2, 0.25) is 0 Å². The fourth-order valence-corrected chi connectivity index (χ4v) is 3.94. The van der Waals surface area contributed by atoms with Crippen molar-refractivity contribution >= 4 is 0 Å². The zero-order chi connectivity index (χ0) is 15.2. The maximum absolute atomic E-state index is 13.3. The van der Waals surface area contributed by atoms with Crippen LogP contribution in [0.25, 0.3) is 0 Å². The number of ether oxygens (including phenoxy) is 1. The molecule has 2 aromatic rings. The lowest BCUT2D eigenvalue weighted by molar-refractivity contribution is 0.0861. The number of likely N-dealkylation sites (tertiary alicyclic amines) is 1. The van der Waals surface area contributed by atoms with E-state index in [-0.39, 0.29) is 17.3 Å². The topological polar surface area (TPSA) is 12.5 Å². The lowest BCUT2D eigenvalue weighted by Gasteiger charge is -2.41. The van der Waals surface area contributed by atoms with Gasteiger partial charge in [-0.1, -0.05) is 30.3 Å². The van der Waals surface area contributed by atoms with Gasteiger partial charge in [-0.2, -0.15) is 0 Å². The molecule has 0 aliphatic carbocycles. The summed E-state index contributed by atoms with van der Waals surface area (Å²) in [6.45, 7) is 2.13. The van der Waals surface area contributed by atoms with Crippen molar-refractivity contribution in [3.63, 3.8) is 0 Å². The van der Waals surface area contributed by atoms with E-state index in [1.54, 1.807) is 0 Å². The monoisotopic (exact) mass is 297 g/mol. The third-order valence-corrected chi connectivity index (χ3v) is 5.22. The second-order valence-electron chi connectivity index (χ2n) is 6.51. The predicted octanol–water partition coefficient (Wildman–Crippen LogP) is 3.92. The van der Waals surface area contributed by atoms with E-state index in [9.17, 15) is 4.39 Å². The summed E-state index contributed by atoms with van der Waals surface area (Å²) in [5.74, 6) is 0.790. The molecule has 1 atom stereocenters. The molecule has 114 valence electrons. The van der Waals surface area contributed by atoms with Gasteiger partial charge in [-0.25, -0.2) is 4.39 Å². The molecule has 1 saturated heterocycles. The van der Waals surface area contributed by atoms with E-state index in [1.807, 2.05) is 18.2 Å². The summed E-state index contributed by atoms with van der Waals surface area (Å²) in [5.41, 5.74) is 2.40. The van der Waals surface area contributed by atoms with Gasteiger partial charge in [0.15, 0.2) is 0 Å². The highest BCUT2D eigenvalue weighted by Crippen LogP contribution is 2.55. The molecular formula is C19H20FNO. The highest BCUT2D eigenvalue weighted by atomic mass is 19.1. The lowest BCUT2D eigenvalue weighted by atomic mass is 9.68. The van der Waals surface area contributed by atoms with Crippen LogP contribution in [0.3, 0.4) is 0 Å². The van der Waals surface area contributed by atoms with Crippen molar-refractivity contribution in [3.8, 4) is 5.75 Å². The number of fused-ring (bicyclic) bond motifs is 2. The van der Waals surface area contributed by atoms with Crippen molar-refractivity contribution < 1.29 is 9.13 Å². The molecule has 2 heterocycles. The Kier molecular flexibility index (Phi) is 3.19. The zero-order valence-electron chi connectivity index (χ0n) is 12.8. The molecule has 22 heavy (non-hydrogen) atoms. The summed E-state index contributed by atoms with van der Waals surface area (Å²) in [7, 11) is 2.17. The molecule has 1 fully saturated rings. The minimum absolute atomic E-state index is 0.0146. The van der Waals surface area contributed by atoms with Crippen molar-refractivity contribution in [1.82, 2.24) is 4.90 Å². The first-order valence-electron chi connectivity index (χ1n) is 7.89. The van der Waals surface area contributed by atoms with Crippen LogP contribution in [-0.2, 0) is 5.41 Å². The molecule has 4 rings (SSSR count). The Morgan fingerprint density at radius 2 is 1.73 bits per heavy atom. The van der Waals surface area contributed by atoms with Gasteiger partial charge < -0.3 is 9.64 Å². The molecule has 0 aromatic heterocycles. The fraction of sp³-hybridized carbons (Fsp3) is 0.368. The SMILES string of the molecule is CN1CCC2(CC1)c1ccccc1OC2c1ccc(F)cc1. The van der Waals surface area contributed by atoms with E-state index in [0.717, 1.165) is 37.2 Å². The molecule has 0 N–H and O–H groups in total. The van der Waals surface area contributed by atoms with Gasteiger partial charge in [-0.15, -0.1) is 0 Å². The Bertz CT molecular complexity index is 674. The average Bonchev–Trinajstić information content (AvgIpc) is 2.86. The van der Waals surface area contributed by atoms with Gasteiger partial charge in [0.1, 0.15) is 17.7 Å². The molecule has 2 aliphatic rings. The first kappa shape index (κ1) is 13.8. The van der Waals surface area contributed by atoms with Crippen molar-refractivity contribution in [2.24, 2.45) is 0 Å². The van der Waals surface area contributed by atoms with Gasteiger partial charge in [0, 0.05) is 11.0 Å². The van der Waals surface area contributed by atoms with E-state index in [1.165, 1.54) is 17.7 Å². The number of hydrogen-bond donors (Lipinski definition) is 0. The van der Waals surface area contributed by atoms with E-state index in [4.69, 9.17) is 4.74 Å². The van der Waals surface area contributed by atoms with E-state index >= 15 is 0 Å². The number of benzene rings is 2. The van der Waals surface area contributed by atoms with Crippen LogP contribution in [0.1, 0.15) is 30.1 Å². The van der Waals surface area contributed by atoms with Gasteiger partial charge >= 0.3 is 0 Å². The third-order valence-electron chi connectivity index (χ3n) is 5.22. The minimum atomic E-state index is -0.198. The van der Waals surface area contributed by atoms with Crippen molar-refractivity contribution in [3.05, 3.63) is 65.5 Å².